The fourth-order valence-electron chi connectivity index (χ4n) is 3.27. The van der Waals surface area contributed by atoms with E-state index in [4.69, 9.17) is 4.74 Å². The molecule has 174 valence electrons. The van der Waals surface area contributed by atoms with Gasteiger partial charge < -0.3 is 15.0 Å². The molecule has 0 unspecified atom stereocenters. The van der Waals surface area contributed by atoms with Gasteiger partial charge in [-0.2, -0.15) is 10.2 Å². The first kappa shape index (κ1) is 23.0. The van der Waals surface area contributed by atoms with Crippen LogP contribution < -0.4 is 10.1 Å². The molecule has 0 atom stereocenters. The second kappa shape index (κ2) is 10.6. The maximum atomic E-state index is 12.0. The number of nitrogens with one attached hydrogen (secondary N) is 1. The van der Waals surface area contributed by atoms with Gasteiger partial charge in [-0.25, -0.2) is 14.6 Å². The molecular formula is C24H26N8O2. The van der Waals surface area contributed by atoms with Crippen LogP contribution in [0.5, 0.6) is 5.75 Å². The molecule has 2 aromatic heterocycles. The number of ether oxygens (including phenoxy) is 1. The lowest BCUT2D eigenvalue weighted by molar-refractivity contribution is -0.116. The Hall–Kier alpha value is -4.18. The molecule has 4 rings (SSSR count). The number of anilines is 1. The average Bonchev–Trinajstić information content (AvgIpc) is 3.29. The van der Waals surface area contributed by atoms with Gasteiger partial charge in [0.15, 0.2) is 11.5 Å². The highest BCUT2D eigenvalue weighted by molar-refractivity contribution is 5.90. The molecule has 0 saturated carbocycles. The second-order valence-corrected chi connectivity index (χ2v) is 7.89. The predicted molar refractivity (Wildman–Crippen MR) is 130 cm³/mol. The van der Waals surface area contributed by atoms with Crippen molar-refractivity contribution in [2.24, 2.45) is 10.2 Å². The Bertz CT molecular complexity index is 1300. The van der Waals surface area contributed by atoms with E-state index >= 15 is 0 Å². The van der Waals surface area contributed by atoms with E-state index in [1.54, 1.807) is 18.0 Å². The van der Waals surface area contributed by atoms with Crippen LogP contribution in [-0.4, -0.2) is 58.3 Å². The molecule has 10 heteroatoms. The van der Waals surface area contributed by atoms with Crippen molar-refractivity contribution < 1.29 is 9.53 Å². The molecule has 1 amide bonds. The molecule has 0 fully saturated rings. The Kier molecular flexibility index (Phi) is 7.19. The summed E-state index contributed by atoms with van der Waals surface area (Å²) in [5, 5.41) is 16.6. The van der Waals surface area contributed by atoms with E-state index in [2.05, 4.69) is 30.6 Å². The highest BCUT2D eigenvalue weighted by Crippen LogP contribution is 2.25. The first-order valence-electron chi connectivity index (χ1n) is 10.8. The second-order valence-electron chi connectivity index (χ2n) is 7.89. The van der Waals surface area contributed by atoms with Gasteiger partial charge >= 0.3 is 0 Å². The number of hydrogen-bond acceptors (Lipinski definition) is 8. The molecule has 2 aromatic carbocycles. The smallest absolute Gasteiger partial charge is 0.225 e. The van der Waals surface area contributed by atoms with E-state index in [0.29, 0.717) is 36.4 Å². The van der Waals surface area contributed by atoms with Crippen molar-refractivity contribution in [3.63, 3.8) is 0 Å². The largest absolute Gasteiger partial charge is 0.497 e. The zero-order chi connectivity index (χ0) is 23.9. The number of carbonyl (C=O) groups is 1. The predicted octanol–water partition coefficient (Wildman–Crippen LogP) is 4.00. The van der Waals surface area contributed by atoms with Crippen molar-refractivity contribution in [1.29, 1.82) is 0 Å². The first-order valence-corrected chi connectivity index (χ1v) is 10.8. The Morgan fingerprint density at radius 2 is 1.97 bits per heavy atom. The molecule has 0 spiro atoms. The third kappa shape index (κ3) is 5.59. The molecule has 0 aliphatic heterocycles. The first-order chi connectivity index (χ1) is 16.5. The molecule has 0 radical (unpaired) electrons. The lowest BCUT2D eigenvalue weighted by Crippen LogP contribution is -2.20. The van der Waals surface area contributed by atoms with Gasteiger partial charge in [0.05, 0.1) is 30.9 Å². The van der Waals surface area contributed by atoms with Crippen LogP contribution in [0.2, 0.25) is 0 Å². The SMILES string of the molecule is COc1cccc(-n2ncc3c(N=NCc4ccc(NC(=O)CCN(C)C)cc4)ncnc32)c1. The van der Waals surface area contributed by atoms with Crippen LogP contribution in [0.15, 0.2) is 71.3 Å². The zero-order valence-corrected chi connectivity index (χ0v) is 19.3. The Morgan fingerprint density at radius 1 is 1.15 bits per heavy atom. The van der Waals surface area contributed by atoms with Crippen LogP contribution in [0.4, 0.5) is 11.5 Å². The molecule has 10 nitrogen and oxygen atoms in total. The topological polar surface area (TPSA) is 110 Å². The lowest BCUT2D eigenvalue weighted by Gasteiger charge is -2.09. The van der Waals surface area contributed by atoms with Crippen LogP contribution in [0, 0.1) is 0 Å². The number of aromatic nitrogens is 4. The summed E-state index contributed by atoms with van der Waals surface area (Å²) in [6.45, 7) is 1.09. The maximum Gasteiger partial charge on any atom is 0.225 e. The van der Waals surface area contributed by atoms with Crippen LogP contribution in [0.1, 0.15) is 12.0 Å². The zero-order valence-electron chi connectivity index (χ0n) is 19.3. The average molecular weight is 459 g/mol. The van der Waals surface area contributed by atoms with E-state index in [1.807, 2.05) is 67.5 Å². The number of amides is 1. The number of methoxy groups -OCH3 is 1. The Labute approximate surface area is 197 Å². The molecule has 2 heterocycles. The highest BCUT2D eigenvalue weighted by Gasteiger charge is 2.11. The number of azo groups is 1. The van der Waals surface area contributed by atoms with Crippen molar-refractivity contribution >= 4 is 28.4 Å². The number of nitrogens with zero attached hydrogens (tertiary/aromatic N) is 7. The minimum Gasteiger partial charge on any atom is -0.497 e. The van der Waals surface area contributed by atoms with E-state index in [-0.39, 0.29) is 5.91 Å². The molecule has 1 N–H and O–H groups in total. The Morgan fingerprint density at radius 3 is 2.74 bits per heavy atom. The van der Waals surface area contributed by atoms with Crippen LogP contribution >= 0.6 is 0 Å². The number of carbonyl (C=O) groups excluding carboxylic acids is 1. The van der Waals surface area contributed by atoms with Gasteiger partial charge in [-0.3, -0.25) is 4.79 Å². The summed E-state index contributed by atoms with van der Waals surface area (Å²) in [5.41, 5.74) is 3.18. The van der Waals surface area contributed by atoms with Gasteiger partial charge in [-0.15, -0.1) is 5.11 Å². The minimum atomic E-state index is -0.0107. The van der Waals surface area contributed by atoms with E-state index in [0.717, 1.165) is 22.7 Å². The third-order valence-electron chi connectivity index (χ3n) is 5.09. The molecule has 4 aromatic rings. The van der Waals surface area contributed by atoms with E-state index < -0.39 is 0 Å². The van der Waals surface area contributed by atoms with Crippen LogP contribution in [0.25, 0.3) is 16.7 Å². The summed E-state index contributed by atoms with van der Waals surface area (Å²) in [6, 6.07) is 15.1. The number of benzene rings is 2. The summed E-state index contributed by atoms with van der Waals surface area (Å²) >= 11 is 0. The fraction of sp³-hybridized carbons (Fsp3) is 0.250. The van der Waals surface area contributed by atoms with Gasteiger partial charge in [0.25, 0.3) is 0 Å². The summed E-state index contributed by atoms with van der Waals surface area (Å²) in [6.07, 6.45) is 3.57. The molecule has 34 heavy (non-hydrogen) atoms. The van der Waals surface area contributed by atoms with Crippen molar-refractivity contribution in [2.45, 2.75) is 13.0 Å². The standard InChI is InChI=1S/C24H26N8O2/c1-31(2)12-11-22(33)29-18-9-7-17(8-10-18)14-27-30-23-21-15-28-32(24(21)26-16-25-23)19-5-4-6-20(13-19)34-3/h4-10,13,15-16H,11-12,14H2,1-3H3,(H,29,33). The monoisotopic (exact) mass is 458 g/mol. The summed E-state index contributed by atoms with van der Waals surface area (Å²) in [5.74, 6) is 1.17. The van der Waals surface area contributed by atoms with Crippen molar-refractivity contribution in [1.82, 2.24) is 24.6 Å². The number of rotatable bonds is 9. The van der Waals surface area contributed by atoms with Gasteiger partial charge in [0.2, 0.25) is 5.91 Å². The van der Waals surface area contributed by atoms with Gasteiger partial charge in [0, 0.05) is 24.7 Å². The number of hydrogen-bond donors (Lipinski definition) is 1. The molecular weight excluding hydrogens is 432 g/mol. The van der Waals surface area contributed by atoms with Gasteiger partial charge in [-0.1, -0.05) is 18.2 Å². The Balaban J connectivity index is 1.43. The maximum absolute atomic E-state index is 12.0. The van der Waals surface area contributed by atoms with Crippen molar-refractivity contribution in [2.75, 3.05) is 33.1 Å². The van der Waals surface area contributed by atoms with E-state index in [9.17, 15) is 4.79 Å². The molecule has 0 aliphatic carbocycles. The van der Waals surface area contributed by atoms with Crippen molar-refractivity contribution in [3.05, 3.63) is 66.6 Å². The summed E-state index contributed by atoms with van der Waals surface area (Å²) in [7, 11) is 5.50. The van der Waals surface area contributed by atoms with Crippen LogP contribution in [0.3, 0.4) is 0 Å². The van der Waals surface area contributed by atoms with Gasteiger partial charge in [0.1, 0.15) is 12.1 Å². The summed E-state index contributed by atoms with van der Waals surface area (Å²) in [4.78, 5) is 22.6. The number of fused-ring (bicyclic) bond motifs is 1. The van der Waals surface area contributed by atoms with Crippen LogP contribution in [-0.2, 0) is 11.3 Å². The van der Waals surface area contributed by atoms with Crippen molar-refractivity contribution in [3.8, 4) is 11.4 Å². The minimum absolute atomic E-state index is 0.0107. The highest BCUT2D eigenvalue weighted by atomic mass is 16.5. The molecule has 0 saturated heterocycles. The third-order valence-corrected chi connectivity index (χ3v) is 5.09. The lowest BCUT2D eigenvalue weighted by atomic mass is 10.2. The normalized spacial score (nSPS) is 11.4. The van der Waals surface area contributed by atoms with E-state index in [1.165, 1.54) is 6.33 Å². The molecule has 0 aliphatic rings. The quantitative estimate of drug-likeness (QED) is 0.380. The molecule has 0 bridgehead atoms. The van der Waals surface area contributed by atoms with Gasteiger partial charge in [-0.05, 0) is 43.9 Å². The summed E-state index contributed by atoms with van der Waals surface area (Å²) < 4.78 is 7.01. The fourth-order valence-corrected chi connectivity index (χ4v) is 3.27.